The quantitative estimate of drug-likeness (QED) is 0.687. The second kappa shape index (κ2) is 8.13. The summed E-state index contributed by atoms with van der Waals surface area (Å²) in [6.07, 6.45) is 0. The zero-order valence-corrected chi connectivity index (χ0v) is 14.7. The van der Waals surface area contributed by atoms with E-state index < -0.39 is 5.60 Å². The van der Waals surface area contributed by atoms with Crippen LogP contribution in [0.2, 0.25) is 0 Å². The summed E-state index contributed by atoms with van der Waals surface area (Å²) in [4.78, 5) is 0. The third kappa shape index (κ3) is 4.10. The molecule has 3 aromatic carbocycles. The Balaban J connectivity index is 1.81. The molecule has 3 N–H and O–H groups in total. The van der Waals surface area contributed by atoms with Crippen molar-refractivity contribution in [2.24, 2.45) is 0 Å². The van der Waals surface area contributed by atoms with Crippen molar-refractivity contribution in [2.45, 2.75) is 12.1 Å². The molecule has 0 aliphatic heterocycles. The van der Waals surface area contributed by atoms with Crippen LogP contribution in [0.3, 0.4) is 0 Å². The summed E-state index contributed by atoms with van der Waals surface area (Å²) >= 11 is 0. The van der Waals surface area contributed by atoms with Crippen molar-refractivity contribution in [3.63, 3.8) is 0 Å². The van der Waals surface area contributed by atoms with Crippen LogP contribution in [0.5, 0.6) is 5.75 Å². The van der Waals surface area contributed by atoms with Gasteiger partial charge >= 0.3 is 0 Å². The normalized spacial score (nSPS) is 13.2. The highest BCUT2D eigenvalue weighted by atomic mass is 19.1. The van der Waals surface area contributed by atoms with Crippen molar-refractivity contribution < 1.29 is 19.6 Å². The van der Waals surface area contributed by atoms with Gasteiger partial charge in [-0.15, -0.1) is 0 Å². The van der Waals surface area contributed by atoms with Crippen LogP contribution < -0.4 is 10.1 Å². The van der Waals surface area contributed by atoms with E-state index in [-0.39, 0.29) is 5.82 Å². The zero-order valence-electron chi connectivity index (χ0n) is 14.7. The van der Waals surface area contributed by atoms with Crippen molar-refractivity contribution in [3.05, 3.63) is 101 Å². The van der Waals surface area contributed by atoms with Gasteiger partial charge in [0, 0.05) is 5.56 Å². The Hall–Kier alpha value is -2.69. The predicted octanol–water partition coefficient (Wildman–Crippen LogP) is 2.83. The van der Waals surface area contributed by atoms with Gasteiger partial charge in [0.15, 0.2) is 5.60 Å². The second-order valence-electron chi connectivity index (χ2n) is 6.28. The van der Waals surface area contributed by atoms with Gasteiger partial charge in [-0.1, -0.05) is 54.6 Å². The summed E-state index contributed by atoms with van der Waals surface area (Å²) in [5.41, 5.74) is 1.37. The van der Waals surface area contributed by atoms with Crippen LogP contribution in [0.25, 0.3) is 0 Å². The third-order valence-electron chi connectivity index (χ3n) is 4.53. The van der Waals surface area contributed by atoms with Crippen LogP contribution in [0.1, 0.15) is 16.7 Å². The van der Waals surface area contributed by atoms with Crippen LogP contribution >= 0.6 is 0 Å². The highest BCUT2D eigenvalue weighted by Crippen LogP contribution is 2.28. The van der Waals surface area contributed by atoms with E-state index in [1.807, 2.05) is 59.9 Å². The van der Waals surface area contributed by atoms with E-state index in [0.29, 0.717) is 18.7 Å². The van der Waals surface area contributed by atoms with Gasteiger partial charge in [-0.2, -0.15) is 0 Å². The van der Waals surface area contributed by atoms with Crippen LogP contribution in [-0.2, 0) is 12.1 Å². The molecule has 0 amide bonds. The van der Waals surface area contributed by atoms with Gasteiger partial charge < -0.3 is 15.2 Å². The SMILES string of the molecule is COc1cccc(C[NH2+]C[C@@](O)(c2ccccc2)c2ccc(F)cc2)c1. The highest BCUT2D eigenvalue weighted by Gasteiger charge is 2.33. The minimum absolute atomic E-state index is 0.315. The molecule has 0 radical (unpaired) electrons. The number of quaternary nitrogens is 1. The first-order valence-electron chi connectivity index (χ1n) is 8.60. The molecule has 0 heterocycles. The van der Waals surface area contributed by atoms with E-state index in [1.165, 1.54) is 12.1 Å². The Morgan fingerprint density at radius 3 is 2.31 bits per heavy atom. The maximum absolute atomic E-state index is 13.3. The Labute approximate surface area is 153 Å². The van der Waals surface area contributed by atoms with Gasteiger partial charge in [-0.25, -0.2) is 4.39 Å². The molecule has 134 valence electrons. The van der Waals surface area contributed by atoms with Gasteiger partial charge in [-0.05, 0) is 35.4 Å². The number of hydrogen-bond acceptors (Lipinski definition) is 2. The minimum atomic E-state index is -1.20. The van der Waals surface area contributed by atoms with E-state index in [9.17, 15) is 9.50 Å². The lowest BCUT2D eigenvalue weighted by molar-refractivity contribution is -0.682. The maximum Gasteiger partial charge on any atom is 0.163 e. The fraction of sp³-hybridized carbons (Fsp3) is 0.182. The topological polar surface area (TPSA) is 46.1 Å². The first-order valence-corrected chi connectivity index (χ1v) is 8.60. The largest absolute Gasteiger partial charge is 0.497 e. The lowest BCUT2D eigenvalue weighted by Gasteiger charge is -2.27. The molecule has 0 bridgehead atoms. The van der Waals surface area contributed by atoms with Crippen LogP contribution in [-0.4, -0.2) is 18.8 Å². The summed E-state index contributed by atoms with van der Waals surface area (Å²) in [6, 6.07) is 23.4. The number of ether oxygens (including phenoxy) is 1. The Morgan fingerprint density at radius 2 is 1.62 bits per heavy atom. The van der Waals surface area contributed by atoms with Crippen molar-refractivity contribution in [1.29, 1.82) is 0 Å². The van der Waals surface area contributed by atoms with Gasteiger partial charge in [-0.3, -0.25) is 0 Å². The third-order valence-corrected chi connectivity index (χ3v) is 4.53. The zero-order chi connectivity index (χ0) is 18.4. The maximum atomic E-state index is 13.3. The standard InChI is InChI=1S/C22H22FNO2/c1-26-21-9-5-6-17(14-21)15-24-16-22(25,18-7-3-2-4-8-18)19-10-12-20(23)13-11-19/h2-14,24-25H,15-16H2,1H3/p+1/t22-/m1/s1. The Kier molecular flexibility index (Phi) is 5.66. The summed E-state index contributed by atoms with van der Waals surface area (Å²) in [7, 11) is 1.64. The fourth-order valence-corrected chi connectivity index (χ4v) is 3.09. The molecule has 4 heteroatoms. The minimum Gasteiger partial charge on any atom is -0.497 e. The number of rotatable bonds is 7. The Morgan fingerprint density at radius 1 is 0.923 bits per heavy atom. The second-order valence-corrected chi connectivity index (χ2v) is 6.28. The monoisotopic (exact) mass is 352 g/mol. The van der Waals surface area contributed by atoms with E-state index >= 15 is 0 Å². The average molecular weight is 352 g/mol. The molecule has 0 saturated carbocycles. The van der Waals surface area contributed by atoms with Crippen molar-refractivity contribution in [1.82, 2.24) is 0 Å². The molecule has 3 nitrogen and oxygen atoms in total. The van der Waals surface area contributed by atoms with Gasteiger partial charge in [0.25, 0.3) is 0 Å². The van der Waals surface area contributed by atoms with Gasteiger partial charge in [0.05, 0.1) is 7.11 Å². The molecule has 0 spiro atoms. The molecule has 3 aromatic rings. The molecule has 1 atom stereocenters. The molecule has 0 saturated heterocycles. The first-order chi connectivity index (χ1) is 12.6. The van der Waals surface area contributed by atoms with Crippen molar-refractivity contribution >= 4 is 0 Å². The summed E-state index contributed by atoms with van der Waals surface area (Å²) in [6.45, 7) is 1.12. The molecule has 0 aliphatic rings. The molecule has 0 aromatic heterocycles. The number of methoxy groups -OCH3 is 1. The summed E-state index contributed by atoms with van der Waals surface area (Å²) in [5.74, 6) is 0.497. The van der Waals surface area contributed by atoms with Gasteiger partial charge in [0.1, 0.15) is 24.7 Å². The number of nitrogens with two attached hydrogens (primary N) is 1. The van der Waals surface area contributed by atoms with E-state index in [2.05, 4.69) is 0 Å². The number of halogens is 1. The number of hydrogen-bond donors (Lipinski definition) is 2. The van der Waals surface area contributed by atoms with Crippen LogP contribution in [0, 0.1) is 5.82 Å². The number of benzene rings is 3. The van der Waals surface area contributed by atoms with E-state index in [1.54, 1.807) is 19.2 Å². The summed E-state index contributed by atoms with van der Waals surface area (Å²) in [5, 5.41) is 13.5. The molecule has 0 unspecified atom stereocenters. The van der Waals surface area contributed by atoms with Crippen LogP contribution in [0.4, 0.5) is 4.39 Å². The Bertz CT molecular complexity index is 836. The fourth-order valence-electron chi connectivity index (χ4n) is 3.09. The first kappa shape index (κ1) is 18.1. The predicted molar refractivity (Wildman–Crippen MR) is 99.3 cm³/mol. The van der Waals surface area contributed by atoms with Crippen LogP contribution in [0.15, 0.2) is 78.9 Å². The van der Waals surface area contributed by atoms with E-state index in [0.717, 1.165) is 16.9 Å². The lowest BCUT2D eigenvalue weighted by Crippen LogP contribution is -2.86. The average Bonchev–Trinajstić information content (AvgIpc) is 2.69. The van der Waals surface area contributed by atoms with E-state index in [4.69, 9.17) is 4.74 Å². The lowest BCUT2D eigenvalue weighted by atomic mass is 9.86. The molecule has 3 rings (SSSR count). The molecule has 0 fully saturated rings. The van der Waals surface area contributed by atoms with Gasteiger partial charge in [0.2, 0.25) is 0 Å². The number of aliphatic hydroxyl groups is 1. The van der Waals surface area contributed by atoms with Crippen molar-refractivity contribution in [2.75, 3.05) is 13.7 Å². The molecule has 0 aliphatic carbocycles. The molecular weight excluding hydrogens is 329 g/mol. The molecular formula is C22H23FNO2+. The smallest absolute Gasteiger partial charge is 0.163 e. The summed E-state index contributed by atoms with van der Waals surface area (Å²) < 4.78 is 18.6. The van der Waals surface area contributed by atoms with Crippen molar-refractivity contribution in [3.8, 4) is 5.75 Å². The molecule has 26 heavy (non-hydrogen) atoms. The highest BCUT2D eigenvalue weighted by molar-refractivity contribution is 5.36.